The van der Waals surface area contributed by atoms with Gasteiger partial charge in [0.2, 0.25) is 6.79 Å². The Bertz CT molecular complexity index is 1330. The number of rotatable bonds is 15. The smallest absolute Gasteiger partial charge is 0.343 e. The van der Waals surface area contributed by atoms with Gasteiger partial charge in [0.15, 0.2) is 0 Å². The fourth-order valence-corrected chi connectivity index (χ4v) is 3.55. The summed E-state index contributed by atoms with van der Waals surface area (Å²) in [6, 6.07) is 17.1. The Morgan fingerprint density at radius 3 is 1.95 bits per heavy atom. The lowest BCUT2D eigenvalue weighted by atomic mass is 10.1. The van der Waals surface area contributed by atoms with Crippen molar-refractivity contribution < 1.29 is 43.2 Å². The van der Waals surface area contributed by atoms with Gasteiger partial charge in [0, 0.05) is 11.1 Å². The van der Waals surface area contributed by atoms with Gasteiger partial charge >= 0.3 is 17.9 Å². The molecule has 0 saturated carbocycles. The summed E-state index contributed by atoms with van der Waals surface area (Å²) >= 11 is 0. The van der Waals surface area contributed by atoms with Crippen LogP contribution in [-0.4, -0.2) is 36.4 Å². The number of aliphatic hydroxyl groups excluding tert-OH is 1. The first-order valence-electron chi connectivity index (χ1n) is 13.3. The SMILES string of the molecule is C=C(C)C(=O)OCOc1ccc(C(=O)Oc2ccc(C(=O)Oc3ccc(OCCCCCC)cc3)cc2)cc1CO. The number of unbranched alkanes of at least 4 members (excludes halogenated alkanes) is 3. The van der Waals surface area contributed by atoms with E-state index in [1.54, 1.807) is 24.3 Å². The molecule has 0 fully saturated rings. The lowest BCUT2D eigenvalue weighted by molar-refractivity contribution is -0.145. The van der Waals surface area contributed by atoms with E-state index in [2.05, 4.69) is 13.5 Å². The molecule has 0 aliphatic rings. The molecule has 0 aliphatic carbocycles. The monoisotopic (exact) mass is 562 g/mol. The maximum absolute atomic E-state index is 12.6. The third-order valence-electron chi connectivity index (χ3n) is 5.82. The van der Waals surface area contributed by atoms with Crippen LogP contribution in [0.15, 0.2) is 78.9 Å². The van der Waals surface area contributed by atoms with E-state index in [1.165, 1.54) is 62.2 Å². The summed E-state index contributed by atoms with van der Waals surface area (Å²) in [5.74, 6) is -0.302. The first-order valence-corrected chi connectivity index (χ1v) is 13.3. The lowest BCUT2D eigenvalue weighted by Crippen LogP contribution is -2.13. The van der Waals surface area contributed by atoms with Crippen LogP contribution in [-0.2, 0) is 16.1 Å². The van der Waals surface area contributed by atoms with Crippen molar-refractivity contribution in [3.63, 3.8) is 0 Å². The molecule has 0 atom stereocenters. The molecular formula is C32H34O9. The highest BCUT2D eigenvalue weighted by molar-refractivity contribution is 5.93. The highest BCUT2D eigenvalue weighted by atomic mass is 16.7. The van der Waals surface area contributed by atoms with Crippen LogP contribution in [0, 0.1) is 0 Å². The van der Waals surface area contributed by atoms with Crippen LogP contribution in [0.25, 0.3) is 0 Å². The molecule has 41 heavy (non-hydrogen) atoms. The van der Waals surface area contributed by atoms with Crippen molar-refractivity contribution in [2.45, 2.75) is 46.1 Å². The zero-order valence-corrected chi connectivity index (χ0v) is 23.2. The summed E-state index contributed by atoms with van der Waals surface area (Å²) in [4.78, 5) is 36.7. The zero-order valence-electron chi connectivity index (χ0n) is 23.2. The molecule has 9 heteroatoms. The maximum Gasteiger partial charge on any atom is 0.343 e. The van der Waals surface area contributed by atoms with Gasteiger partial charge in [-0.05, 0) is 80.1 Å². The second kappa shape index (κ2) is 15.8. The number of benzene rings is 3. The largest absolute Gasteiger partial charge is 0.494 e. The molecule has 0 aromatic heterocycles. The molecule has 216 valence electrons. The Labute approximate surface area is 239 Å². The summed E-state index contributed by atoms with van der Waals surface area (Å²) in [5.41, 5.74) is 0.966. The second-order valence-electron chi connectivity index (χ2n) is 9.14. The molecule has 0 amide bonds. The van der Waals surface area contributed by atoms with Gasteiger partial charge in [0.25, 0.3) is 0 Å². The first-order chi connectivity index (χ1) is 19.8. The molecule has 0 spiro atoms. The van der Waals surface area contributed by atoms with Crippen LogP contribution in [0.3, 0.4) is 0 Å². The molecule has 0 radical (unpaired) electrons. The molecule has 3 aromatic carbocycles. The lowest BCUT2D eigenvalue weighted by Gasteiger charge is -2.12. The van der Waals surface area contributed by atoms with E-state index in [4.69, 9.17) is 23.7 Å². The minimum Gasteiger partial charge on any atom is -0.494 e. The average Bonchev–Trinajstić information content (AvgIpc) is 2.98. The fourth-order valence-electron chi connectivity index (χ4n) is 3.55. The van der Waals surface area contributed by atoms with Crippen LogP contribution in [0.1, 0.15) is 65.8 Å². The Morgan fingerprint density at radius 2 is 1.34 bits per heavy atom. The van der Waals surface area contributed by atoms with Gasteiger partial charge in [0.05, 0.1) is 24.3 Å². The van der Waals surface area contributed by atoms with Gasteiger partial charge in [-0.2, -0.15) is 0 Å². The third-order valence-corrected chi connectivity index (χ3v) is 5.82. The van der Waals surface area contributed by atoms with Gasteiger partial charge in [0.1, 0.15) is 23.0 Å². The third kappa shape index (κ3) is 9.81. The van der Waals surface area contributed by atoms with E-state index in [1.807, 2.05) is 0 Å². The Morgan fingerprint density at radius 1 is 0.756 bits per heavy atom. The topological polar surface area (TPSA) is 118 Å². The van der Waals surface area contributed by atoms with E-state index >= 15 is 0 Å². The quantitative estimate of drug-likeness (QED) is 0.0778. The van der Waals surface area contributed by atoms with Gasteiger partial charge in [-0.3, -0.25) is 0 Å². The average molecular weight is 563 g/mol. The summed E-state index contributed by atoms with van der Waals surface area (Å²) < 4.78 is 26.8. The summed E-state index contributed by atoms with van der Waals surface area (Å²) in [7, 11) is 0. The van der Waals surface area contributed by atoms with Crippen LogP contribution < -0.4 is 18.9 Å². The van der Waals surface area contributed by atoms with Crippen LogP contribution in [0.4, 0.5) is 0 Å². The van der Waals surface area contributed by atoms with E-state index in [9.17, 15) is 19.5 Å². The molecule has 0 unspecified atom stereocenters. The molecule has 3 aromatic rings. The van der Waals surface area contributed by atoms with Gasteiger partial charge in [-0.15, -0.1) is 0 Å². The predicted molar refractivity (Wildman–Crippen MR) is 151 cm³/mol. The number of aliphatic hydroxyl groups is 1. The van der Waals surface area contributed by atoms with Crippen molar-refractivity contribution in [3.8, 4) is 23.0 Å². The number of carbonyl (C=O) groups excluding carboxylic acids is 3. The molecule has 0 bridgehead atoms. The molecule has 9 nitrogen and oxygen atoms in total. The van der Waals surface area contributed by atoms with Crippen molar-refractivity contribution in [1.29, 1.82) is 0 Å². The van der Waals surface area contributed by atoms with Crippen LogP contribution in [0.2, 0.25) is 0 Å². The minimum atomic E-state index is -0.678. The Balaban J connectivity index is 1.51. The van der Waals surface area contributed by atoms with Gasteiger partial charge in [-0.1, -0.05) is 32.8 Å². The minimum absolute atomic E-state index is 0.164. The first kappa shape index (κ1) is 30.9. The summed E-state index contributed by atoms with van der Waals surface area (Å²) in [5, 5.41) is 9.67. The normalized spacial score (nSPS) is 10.4. The van der Waals surface area contributed by atoms with E-state index < -0.39 is 24.5 Å². The van der Waals surface area contributed by atoms with E-state index in [0.29, 0.717) is 23.7 Å². The van der Waals surface area contributed by atoms with Crippen molar-refractivity contribution in [3.05, 3.63) is 95.6 Å². The van der Waals surface area contributed by atoms with Crippen LogP contribution >= 0.6 is 0 Å². The Kier molecular flexibility index (Phi) is 11.9. The summed E-state index contributed by atoms with van der Waals surface area (Å²) in [6.45, 7) is 6.99. The summed E-state index contributed by atoms with van der Waals surface area (Å²) in [6.07, 6.45) is 4.49. The van der Waals surface area contributed by atoms with Gasteiger partial charge < -0.3 is 28.8 Å². The zero-order chi connectivity index (χ0) is 29.6. The number of esters is 3. The highest BCUT2D eigenvalue weighted by Gasteiger charge is 2.15. The van der Waals surface area contributed by atoms with Crippen molar-refractivity contribution in [2.24, 2.45) is 0 Å². The molecule has 0 heterocycles. The molecule has 0 saturated heterocycles. The number of ether oxygens (including phenoxy) is 5. The molecule has 0 aliphatic heterocycles. The van der Waals surface area contributed by atoms with Crippen molar-refractivity contribution in [2.75, 3.05) is 13.4 Å². The Hall–Kier alpha value is -4.63. The van der Waals surface area contributed by atoms with Crippen molar-refractivity contribution in [1.82, 2.24) is 0 Å². The second-order valence-corrected chi connectivity index (χ2v) is 9.14. The van der Waals surface area contributed by atoms with Crippen LogP contribution in [0.5, 0.6) is 23.0 Å². The molecular weight excluding hydrogens is 528 g/mol. The number of hydrogen-bond donors (Lipinski definition) is 1. The standard InChI is InChI=1S/C32H34O9/c1-4-5-6-7-18-37-26-13-15-28(16-14-26)40-31(35)23-8-11-27(12-9-23)41-32(36)24-10-17-29(25(19-24)20-33)38-21-39-30(34)22(2)3/h8-17,19,33H,2,4-7,18,20-21H2,1,3H3. The predicted octanol–water partition coefficient (Wildman–Crippen LogP) is 6.03. The van der Waals surface area contributed by atoms with E-state index in [-0.39, 0.29) is 35.0 Å². The highest BCUT2D eigenvalue weighted by Crippen LogP contribution is 2.23. The number of hydrogen-bond acceptors (Lipinski definition) is 9. The van der Waals surface area contributed by atoms with E-state index in [0.717, 1.165) is 12.8 Å². The molecule has 3 rings (SSSR count). The number of carbonyl (C=O) groups is 3. The fraction of sp³-hybridized carbons (Fsp3) is 0.281. The maximum atomic E-state index is 12.6. The molecule has 1 N–H and O–H groups in total. The van der Waals surface area contributed by atoms with Crippen molar-refractivity contribution >= 4 is 17.9 Å². The van der Waals surface area contributed by atoms with Gasteiger partial charge in [-0.25, -0.2) is 14.4 Å².